The first-order valence-electron chi connectivity index (χ1n) is 13.7. The quantitative estimate of drug-likeness (QED) is 0.224. The van der Waals surface area contributed by atoms with Gasteiger partial charge in [-0.25, -0.2) is 0 Å². The van der Waals surface area contributed by atoms with E-state index in [4.69, 9.17) is 9.47 Å². The van der Waals surface area contributed by atoms with Gasteiger partial charge in [-0.05, 0) is 50.1 Å². The van der Waals surface area contributed by atoms with Gasteiger partial charge in [0.15, 0.2) is 5.54 Å². The fourth-order valence-corrected chi connectivity index (χ4v) is 6.01. The van der Waals surface area contributed by atoms with Gasteiger partial charge < -0.3 is 24.4 Å². The van der Waals surface area contributed by atoms with E-state index in [1.54, 1.807) is 41.3 Å². The molecule has 1 N–H and O–H groups in total. The average Bonchev–Trinajstić information content (AvgIpc) is 3.35. The minimum atomic E-state index is -1.75. The number of aryl methyl sites for hydroxylation is 1. The molecule has 9 heteroatoms. The number of carbonyl (C=O) groups excluding carboxylic acids is 3. The Bertz CT molecular complexity index is 1380. The molecule has 0 unspecified atom stereocenters. The Morgan fingerprint density at radius 1 is 1.12 bits per heavy atom. The van der Waals surface area contributed by atoms with Crippen molar-refractivity contribution in [1.29, 1.82) is 0 Å². The van der Waals surface area contributed by atoms with Crippen molar-refractivity contribution in [3.05, 3.63) is 77.4 Å². The van der Waals surface area contributed by atoms with Gasteiger partial charge >= 0.3 is 0 Å². The van der Waals surface area contributed by atoms with E-state index in [0.29, 0.717) is 61.9 Å². The van der Waals surface area contributed by atoms with E-state index in [2.05, 4.69) is 11.5 Å². The fraction of sp³-hybridized carbons (Fsp3) is 0.387. The summed E-state index contributed by atoms with van der Waals surface area (Å²) in [5, 5.41) is 11.7. The third kappa shape index (κ3) is 4.39. The number of hydrogen-bond acceptors (Lipinski definition) is 7. The second kappa shape index (κ2) is 11.3. The van der Waals surface area contributed by atoms with Gasteiger partial charge in [0.25, 0.3) is 17.6 Å². The predicted molar refractivity (Wildman–Crippen MR) is 151 cm³/mol. The van der Waals surface area contributed by atoms with E-state index < -0.39 is 23.1 Å². The van der Waals surface area contributed by atoms with Crippen molar-refractivity contribution >= 4 is 29.0 Å². The normalized spacial score (nSPS) is 22.3. The van der Waals surface area contributed by atoms with Crippen molar-refractivity contribution in [3.63, 3.8) is 0 Å². The van der Waals surface area contributed by atoms with Crippen molar-refractivity contribution in [2.45, 2.75) is 25.8 Å². The van der Waals surface area contributed by atoms with Gasteiger partial charge in [0.05, 0.1) is 24.5 Å². The zero-order chi connectivity index (χ0) is 28.4. The molecule has 40 heavy (non-hydrogen) atoms. The molecule has 3 aliphatic rings. The van der Waals surface area contributed by atoms with E-state index in [9.17, 15) is 19.5 Å². The standard InChI is InChI=1S/C31H35N3O6/c1-4-17-40-25-12-11-22(20-21(25)3)27(35)26-28(36)29(37)34(14-8-13-32-15-18-39-19-16-32)31(26)23-9-6-7-10-24(23)33(5-2)30(31)38/h4,6-7,9-12,20,35H,1,5,8,13-19H2,2-3H3/t31-/m1/s1. The van der Waals surface area contributed by atoms with Crippen LogP contribution in [0.4, 0.5) is 5.69 Å². The number of ether oxygens (including phenoxy) is 2. The molecule has 0 bridgehead atoms. The molecule has 2 saturated heterocycles. The predicted octanol–water partition coefficient (Wildman–Crippen LogP) is 3.22. The molecule has 2 amide bonds. The van der Waals surface area contributed by atoms with Crippen LogP contribution in [0.2, 0.25) is 0 Å². The highest BCUT2D eigenvalue weighted by atomic mass is 16.5. The number of Topliss-reactive ketones (excluding diaryl/α,β-unsaturated/α-hetero) is 1. The summed E-state index contributed by atoms with van der Waals surface area (Å²) in [5.74, 6) is -1.84. The third-order valence-electron chi connectivity index (χ3n) is 7.89. The van der Waals surface area contributed by atoms with E-state index in [-0.39, 0.29) is 17.9 Å². The number of aliphatic hydroxyl groups is 1. The van der Waals surface area contributed by atoms with Crippen molar-refractivity contribution in [3.8, 4) is 5.75 Å². The monoisotopic (exact) mass is 545 g/mol. The zero-order valence-corrected chi connectivity index (χ0v) is 23.0. The summed E-state index contributed by atoms with van der Waals surface area (Å²) in [6.07, 6.45) is 2.19. The number of para-hydroxylation sites is 1. The van der Waals surface area contributed by atoms with Crippen LogP contribution in [0.5, 0.6) is 5.75 Å². The van der Waals surface area contributed by atoms with Crippen molar-refractivity contribution < 1.29 is 29.0 Å². The highest BCUT2D eigenvalue weighted by Crippen LogP contribution is 2.53. The lowest BCUT2D eigenvalue weighted by atomic mass is 9.81. The topological polar surface area (TPSA) is 99.6 Å². The number of rotatable bonds is 9. The van der Waals surface area contributed by atoms with Crippen LogP contribution in [-0.2, 0) is 24.7 Å². The van der Waals surface area contributed by atoms with Crippen molar-refractivity contribution in [2.24, 2.45) is 0 Å². The number of hydrogen-bond donors (Lipinski definition) is 1. The van der Waals surface area contributed by atoms with E-state index in [0.717, 1.165) is 18.7 Å². The van der Waals surface area contributed by atoms with Gasteiger partial charge in [-0.1, -0.05) is 30.9 Å². The van der Waals surface area contributed by atoms with Crippen LogP contribution >= 0.6 is 0 Å². The van der Waals surface area contributed by atoms with Crippen LogP contribution < -0.4 is 9.64 Å². The smallest absolute Gasteiger partial charge is 0.296 e. The summed E-state index contributed by atoms with van der Waals surface area (Å²) in [6.45, 7) is 11.8. The maximum atomic E-state index is 14.3. The van der Waals surface area contributed by atoms with E-state index in [1.165, 1.54) is 4.90 Å². The zero-order valence-electron chi connectivity index (χ0n) is 23.0. The molecule has 0 aliphatic carbocycles. The molecule has 3 heterocycles. The summed E-state index contributed by atoms with van der Waals surface area (Å²) < 4.78 is 11.1. The lowest BCUT2D eigenvalue weighted by Gasteiger charge is -2.35. The Kier molecular flexibility index (Phi) is 7.78. The third-order valence-corrected chi connectivity index (χ3v) is 7.89. The lowest BCUT2D eigenvalue weighted by molar-refractivity contribution is -0.143. The van der Waals surface area contributed by atoms with Crippen LogP contribution in [0, 0.1) is 6.92 Å². The number of anilines is 1. The minimum Gasteiger partial charge on any atom is -0.507 e. The van der Waals surface area contributed by atoms with Crippen LogP contribution in [-0.4, -0.2) is 85.0 Å². The Morgan fingerprint density at radius 2 is 1.88 bits per heavy atom. The molecule has 0 radical (unpaired) electrons. The first-order valence-corrected chi connectivity index (χ1v) is 13.7. The number of fused-ring (bicyclic) bond motifs is 2. The highest BCUT2D eigenvalue weighted by Gasteiger charge is 2.66. The largest absolute Gasteiger partial charge is 0.507 e. The SMILES string of the molecule is C=CCOc1ccc(C(O)=C2C(=O)C(=O)N(CCCN3CCOCC3)[C@@]23C(=O)N(CC)c2ccccc23)cc1C. The van der Waals surface area contributed by atoms with Gasteiger partial charge in [-0.2, -0.15) is 0 Å². The molecule has 0 aromatic heterocycles. The van der Waals surface area contributed by atoms with Gasteiger partial charge in [-0.3, -0.25) is 19.3 Å². The molecule has 210 valence electrons. The number of benzene rings is 2. The number of morpholine rings is 1. The molecule has 9 nitrogen and oxygen atoms in total. The first kappa shape index (κ1) is 27.6. The summed E-state index contributed by atoms with van der Waals surface area (Å²) in [7, 11) is 0. The number of likely N-dealkylation sites (tertiary alicyclic amines) is 1. The Labute approximate surface area is 234 Å². The van der Waals surface area contributed by atoms with Crippen LogP contribution in [0.3, 0.4) is 0 Å². The maximum Gasteiger partial charge on any atom is 0.296 e. The first-order chi connectivity index (χ1) is 19.4. The van der Waals surface area contributed by atoms with Crippen LogP contribution in [0.1, 0.15) is 30.0 Å². The van der Waals surface area contributed by atoms with Crippen LogP contribution in [0.15, 0.2) is 60.7 Å². The number of likely N-dealkylation sites (N-methyl/N-ethyl adjacent to an activating group) is 1. The molecule has 0 saturated carbocycles. The maximum absolute atomic E-state index is 14.3. The molecule has 1 spiro atoms. The Morgan fingerprint density at radius 3 is 2.58 bits per heavy atom. The Hall–Kier alpha value is -3.95. The molecule has 2 fully saturated rings. The molecule has 2 aromatic carbocycles. The van der Waals surface area contributed by atoms with E-state index in [1.807, 2.05) is 26.0 Å². The van der Waals surface area contributed by atoms with Crippen LogP contribution in [0.25, 0.3) is 5.76 Å². The summed E-state index contributed by atoms with van der Waals surface area (Å²) in [5.41, 5.74) is 0.266. The second-order valence-electron chi connectivity index (χ2n) is 10.2. The molecule has 2 aromatic rings. The number of nitrogens with zero attached hydrogens (tertiary/aromatic N) is 3. The average molecular weight is 546 g/mol. The fourth-order valence-electron chi connectivity index (χ4n) is 6.01. The van der Waals surface area contributed by atoms with Gasteiger partial charge in [0.2, 0.25) is 0 Å². The lowest BCUT2D eigenvalue weighted by Crippen LogP contribution is -2.52. The number of carbonyl (C=O) groups is 3. The summed E-state index contributed by atoms with van der Waals surface area (Å²) >= 11 is 0. The Balaban J connectivity index is 1.63. The molecular formula is C31H35N3O6. The van der Waals surface area contributed by atoms with Gasteiger partial charge in [0.1, 0.15) is 18.1 Å². The molecule has 3 aliphatic heterocycles. The van der Waals surface area contributed by atoms with Crippen molar-refractivity contribution in [2.75, 3.05) is 57.4 Å². The summed E-state index contributed by atoms with van der Waals surface area (Å²) in [6, 6.07) is 12.2. The molecule has 5 rings (SSSR count). The number of ketones is 1. The van der Waals surface area contributed by atoms with Gasteiger partial charge in [0, 0.05) is 43.9 Å². The molecule has 1 atom stereocenters. The number of amides is 2. The number of aliphatic hydroxyl groups excluding tert-OH is 1. The minimum absolute atomic E-state index is 0.184. The van der Waals surface area contributed by atoms with Gasteiger partial charge in [-0.15, -0.1) is 0 Å². The van der Waals surface area contributed by atoms with E-state index >= 15 is 0 Å². The highest BCUT2D eigenvalue weighted by molar-refractivity contribution is 6.50. The summed E-state index contributed by atoms with van der Waals surface area (Å²) in [4.78, 5) is 47.0. The molecular weight excluding hydrogens is 510 g/mol. The van der Waals surface area contributed by atoms with Crippen molar-refractivity contribution in [1.82, 2.24) is 9.80 Å². The second-order valence-corrected chi connectivity index (χ2v) is 10.2.